The van der Waals surface area contributed by atoms with Crippen LogP contribution in [0.5, 0.6) is 0 Å². The number of nitrogens with one attached hydrogen (secondary N) is 2. The Labute approximate surface area is 158 Å². The monoisotopic (exact) mass is 377 g/mol. The van der Waals surface area contributed by atoms with Gasteiger partial charge in [-0.05, 0) is 38.7 Å². The summed E-state index contributed by atoms with van der Waals surface area (Å²) >= 11 is 6.39. The Morgan fingerprint density at radius 2 is 2.23 bits per heavy atom. The van der Waals surface area contributed by atoms with E-state index in [0.29, 0.717) is 30.5 Å². The van der Waals surface area contributed by atoms with Crippen LogP contribution in [0.4, 0.5) is 0 Å². The van der Waals surface area contributed by atoms with Crippen LogP contribution in [0.3, 0.4) is 0 Å². The number of hydrogen-bond acceptors (Lipinski definition) is 6. The number of amidine groups is 1. The van der Waals surface area contributed by atoms with E-state index in [-0.39, 0.29) is 16.6 Å². The third-order valence-electron chi connectivity index (χ3n) is 4.06. The van der Waals surface area contributed by atoms with Gasteiger partial charge in [0, 0.05) is 18.4 Å². The second-order valence-electron chi connectivity index (χ2n) is 6.06. The van der Waals surface area contributed by atoms with Gasteiger partial charge in [0.2, 0.25) is 0 Å². The van der Waals surface area contributed by atoms with Gasteiger partial charge in [0.1, 0.15) is 22.4 Å². The van der Waals surface area contributed by atoms with Gasteiger partial charge >= 0.3 is 5.97 Å². The van der Waals surface area contributed by atoms with Gasteiger partial charge in [0.15, 0.2) is 0 Å². The van der Waals surface area contributed by atoms with E-state index in [1.165, 1.54) is 7.11 Å². The first kappa shape index (κ1) is 19.9. The van der Waals surface area contributed by atoms with Gasteiger partial charge in [-0.15, -0.1) is 0 Å². The number of methoxy groups -OCH3 is 1. The maximum atomic E-state index is 12.1. The molecule has 0 radical (unpaired) electrons. The van der Waals surface area contributed by atoms with Crippen LogP contribution in [0.1, 0.15) is 31.3 Å². The SMILES string of the molecule is C=C(NC(C(=O)OC)=C(Cl)C(=N)N(CC)Cc1ccnc(C)n1)C1CC1. The third-order valence-corrected chi connectivity index (χ3v) is 4.43. The van der Waals surface area contributed by atoms with Gasteiger partial charge < -0.3 is 15.0 Å². The predicted molar refractivity (Wildman–Crippen MR) is 100 cm³/mol. The molecule has 26 heavy (non-hydrogen) atoms. The van der Waals surface area contributed by atoms with Crippen LogP contribution in [0.15, 0.2) is 35.3 Å². The second-order valence-corrected chi connectivity index (χ2v) is 6.44. The van der Waals surface area contributed by atoms with Crippen LogP contribution in [-0.2, 0) is 16.1 Å². The van der Waals surface area contributed by atoms with E-state index in [4.69, 9.17) is 21.7 Å². The number of rotatable bonds is 8. The van der Waals surface area contributed by atoms with Crippen molar-refractivity contribution in [3.8, 4) is 0 Å². The normalized spacial score (nSPS) is 14.3. The van der Waals surface area contributed by atoms with E-state index in [9.17, 15) is 4.79 Å². The molecule has 140 valence electrons. The van der Waals surface area contributed by atoms with E-state index in [0.717, 1.165) is 18.5 Å². The van der Waals surface area contributed by atoms with Crippen molar-refractivity contribution in [1.82, 2.24) is 20.2 Å². The van der Waals surface area contributed by atoms with Gasteiger partial charge in [-0.2, -0.15) is 0 Å². The maximum absolute atomic E-state index is 12.1. The number of likely N-dealkylation sites (N-methyl/N-ethyl adjacent to an activating group) is 1. The first-order chi connectivity index (χ1) is 12.4. The zero-order valence-corrected chi connectivity index (χ0v) is 16.1. The van der Waals surface area contributed by atoms with Crippen molar-refractivity contribution in [2.75, 3.05) is 13.7 Å². The molecular formula is C18H24ClN5O2. The summed E-state index contributed by atoms with van der Waals surface area (Å²) in [6.07, 6.45) is 3.74. The highest BCUT2D eigenvalue weighted by Crippen LogP contribution is 2.34. The number of esters is 1. The fraction of sp³-hybridized carbons (Fsp3) is 0.444. The Hall–Kier alpha value is -2.41. The van der Waals surface area contributed by atoms with Gasteiger partial charge in [-0.1, -0.05) is 18.2 Å². The molecule has 1 heterocycles. The fourth-order valence-corrected chi connectivity index (χ4v) is 2.63. The van der Waals surface area contributed by atoms with Crippen molar-refractivity contribution < 1.29 is 9.53 Å². The lowest BCUT2D eigenvalue weighted by atomic mass is 10.2. The van der Waals surface area contributed by atoms with E-state index in [1.807, 2.05) is 6.92 Å². The number of hydrogen-bond donors (Lipinski definition) is 2. The first-order valence-electron chi connectivity index (χ1n) is 8.43. The molecule has 0 aliphatic heterocycles. The van der Waals surface area contributed by atoms with Crippen LogP contribution in [0.2, 0.25) is 0 Å². The molecule has 0 bridgehead atoms. The molecule has 0 amide bonds. The standard InChI is InChI=1S/C18H24ClN5O2/c1-5-24(10-14-8-9-21-12(3)23-14)17(20)15(19)16(18(25)26-4)22-11(2)13-6-7-13/h8-9,13,20,22H,2,5-7,10H2,1,3-4H3. The van der Waals surface area contributed by atoms with Crippen LogP contribution in [0.25, 0.3) is 0 Å². The van der Waals surface area contributed by atoms with Crippen molar-refractivity contribution in [2.24, 2.45) is 5.92 Å². The molecule has 1 fully saturated rings. The Morgan fingerprint density at radius 3 is 2.77 bits per heavy atom. The number of aromatic nitrogens is 2. The summed E-state index contributed by atoms with van der Waals surface area (Å²) in [5.74, 6) is 0.376. The molecule has 1 aromatic rings. The number of ether oxygens (including phenoxy) is 1. The predicted octanol–water partition coefficient (Wildman–Crippen LogP) is 2.72. The van der Waals surface area contributed by atoms with Crippen molar-refractivity contribution >= 4 is 23.4 Å². The summed E-state index contributed by atoms with van der Waals surface area (Å²) in [5, 5.41) is 11.4. The molecule has 0 unspecified atom stereocenters. The molecule has 7 nitrogen and oxygen atoms in total. The second kappa shape index (κ2) is 8.80. The number of allylic oxidation sites excluding steroid dienone is 1. The number of carbonyl (C=O) groups excluding carboxylic acids is 1. The van der Waals surface area contributed by atoms with Crippen molar-refractivity contribution in [3.05, 3.63) is 46.8 Å². The highest BCUT2D eigenvalue weighted by molar-refractivity contribution is 6.44. The molecule has 1 aromatic heterocycles. The largest absolute Gasteiger partial charge is 0.464 e. The molecule has 1 aliphatic carbocycles. The Bertz CT molecular complexity index is 743. The fourth-order valence-electron chi connectivity index (χ4n) is 2.39. The summed E-state index contributed by atoms with van der Waals surface area (Å²) in [5.41, 5.74) is 1.52. The highest BCUT2D eigenvalue weighted by Gasteiger charge is 2.28. The number of aryl methyl sites for hydroxylation is 1. The topological polar surface area (TPSA) is 91.2 Å². The van der Waals surface area contributed by atoms with Gasteiger partial charge in [0.05, 0.1) is 19.3 Å². The molecule has 2 N–H and O–H groups in total. The highest BCUT2D eigenvalue weighted by atomic mass is 35.5. The van der Waals surface area contributed by atoms with Crippen molar-refractivity contribution in [1.29, 1.82) is 5.41 Å². The van der Waals surface area contributed by atoms with E-state index in [1.54, 1.807) is 24.1 Å². The van der Waals surface area contributed by atoms with Gasteiger partial charge in [-0.3, -0.25) is 5.41 Å². The average Bonchev–Trinajstić information content (AvgIpc) is 3.47. The molecule has 1 saturated carbocycles. The summed E-state index contributed by atoms with van der Waals surface area (Å²) in [6.45, 7) is 8.56. The van der Waals surface area contributed by atoms with Crippen molar-refractivity contribution in [3.63, 3.8) is 0 Å². The molecule has 0 aromatic carbocycles. The van der Waals surface area contributed by atoms with E-state index < -0.39 is 5.97 Å². The molecule has 0 atom stereocenters. The molecule has 0 spiro atoms. The summed E-state index contributed by atoms with van der Waals surface area (Å²) in [6, 6.07) is 1.79. The first-order valence-corrected chi connectivity index (χ1v) is 8.81. The lowest BCUT2D eigenvalue weighted by molar-refractivity contribution is -0.136. The number of nitrogens with zero attached hydrogens (tertiary/aromatic N) is 3. The van der Waals surface area contributed by atoms with Crippen molar-refractivity contribution in [2.45, 2.75) is 33.2 Å². The minimum absolute atomic E-state index is 0.00808. The smallest absolute Gasteiger partial charge is 0.356 e. The molecule has 8 heteroatoms. The van der Waals surface area contributed by atoms with Crippen LogP contribution < -0.4 is 5.32 Å². The van der Waals surface area contributed by atoms with E-state index >= 15 is 0 Å². The van der Waals surface area contributed by atoms with Crippen LogP contribution >= 0.6 is 11.6 Å². The molecule has 0 saturated heterocycles. The quantitative estimate of drug-likeness (QED) is 0.313. The van der Waals surface area contributed by atoms with Gasteiger partial charge in [-0.25, -0.2) is 14.8 Å². The summed E-state index contributed by atoms with van der Waals surface area (Å²) in [7, 11) is 1.28. The molecular weight excluding hydrogens is 354 g/mol. The summed E-state index contributed by atoms with van der Waals surface area (Å²) < 4.78 is 4.81. The Morgan fingerprint density at radius 1 is 1.54 bits per heavy atom. The third kappa shape index (κ3) is 5.05. The Balaban J connectivity index is 2.23. The summed E-state index contributed by atoms with van der Waals surface area (Å²) in [4.78, 5) is 22.3. The minimum atomic E-state index is -0.629. The lowest BCUT2D eigenvalue weighted by Gasteiger charge is -2.24. The average molecular weight is 378 g/mol. The maximum Gasteiger partial charge on any atom is 0.356 e. The number of halogens is 1. The number of carbonyl (C=O) groups is 1. The Kier molecular flexibility index (Phi) is 6.74. The van der Waals surface area contributed by atoms with E-state index in [2.05, 4.69) is 21.9 Å². The zero-order valence-electron chi connectivity index (χ0n) is 15.3. The zero-order chi connectivity index (χ0) is 19.3. The van der Waals surface area contributed by atoms with Gasteiger partial charge in [0.25, 0.3) is 0 Å². The lowest BCUT2D eigenvalue weighted by Crippen LogP contribution is -2.33. The minimum Gasteiger partial charge on any atom is -0.464 e. The molecule has 2 rings (SSSR count). The van der Waals surface area contributed by atoms with Crippen LogP contribution in [-0.4, -0.2) is 40.3 Å². The molecule has 1 aliphatic rings. The van der Waals surface area contributed by atoms with Crippen LogP contribution in [0, 0.1) is 18.3 Å².